The van der Waals surface area contributed by atoms with Gasteiger partial charge in [-0.1, -0.05) is 261 Å². The van der Waals surface area contributed by atoms with Crippen LogP contribution in [-0.4, -0.2) is 18.3 Å². The summed E-state index contributed by atoms with van der Waals surface area (Å²) in [5.41, 5.74) is 37.3. The summed E-state index contributed by atoms with van der Waals surface area (Å²) in [7, 11) is 0. The van der Waals surface area contributed by atoms with Crippen molar-refractivity contribution in [2.75, 3.05) is 0 Å². The standard InChI is InChI=1S/2C58H44N2/c1-2-12-38(13-3-1)39-14-10-15-43(33-39)59-54-22-9-6-18-49(54)57-45(19-11-23-55(57)59)40-24-26-48-47-17-5-8-21-53(47)60(56(48)34-40)44-25-27-52-50(35-44)46-16-4-7-20-51(46)58(52)41-29-36-28-37(31-41)32-42(58)30-36;1-2-11-38(12-3-1)39-13-10-14-44(32-39)60-54-19-8-5-16-47(54)49-24-21-41(34-57(49)60)40-22-26-56-51(33-40)48-17-6-9-20-55(48)59(56)45-23-25-53-50(35-45)46-15-4-7-18-52(46)58(53)42-28-36-27-37(30-42)31-43(58)29-36/h1-27,33-37,41-42H,28-32H2;1-26,32-37,42-43H,27-31H2. The molecular weight excluding hydrogens is 1450 g/mol. The molecular formula is C116H88N4. The first-order valence-electron chi connectivity index (χ1n) is 44.4. The Morgan fingerprint density at radius 2 is 0.500 bits per heavy atom. The molecule has 8 fully saturated rings. The van der Waals surface area contributed by atoms with Gasteiger partial charge < -0.3 is 18.3 Å². The molecule has 16 aromatic carbocycles. The van der Waals surface area contributed by atoms with Crippen LogP contribution in [0.3, 0.4) is 0 Å². The van der Waals surface area contributed by atoms with Crippen molar-refractivity contribution in [1.82, 2.24) is 18.3 Å². The molecule has 0 unspecified atom stereocenters. The third-order valence-electron chi connectivity index (χ3n) is 31.4. The number of fused-ring (bicyclic) bond motifs is 18. The van der Waals surface area contributed by atoms with Crippen molar-refractivity contribution in [3.63, 3.8) is 0 Å². The van der Waals surface area contributed by atoms with Crippen molar-refractivity contribution in [3.05, 3.63) is 386 Å². The lowest BCUT2D eigenvalue weighted by Crippen LogP contribution is -2.55. The molecule has 10 aliphatic rings. The molecule has 0 N–H and O–H groups in total. The van der Waals surface area contributed by atoms with Gasteiger partial charge in [0.1, 0.15) is 0 Å². The molecule has 10 aliphatic carbocycles. The van der Waals surface area contributed by atoms with E-state index in [1.807, 2.05) is 0 Å². The minimum Gasteiger partial charge on any atom is -0.309 e. The van der Waals surface area contributed by atoms with E-state index in [0.717, 1.165) is 47.3 Å². The third kappa shape index (κ3) is 9.54. The highest BCUT2D eigenvalue weighted by molar-refractivity contribution is 6.18. The van der Waals surface area contributed by atoms with Gasteiger partial charge in [-0.3, -0.25) is 0 Å². The van der Waals surface area contributed by atoms with E-state index in [1.54, 1.807) is 22.3 Å². The number of hydrogen-bond donors (Lipinski definition) is 0. The van der Waals surface area contributed by atoms with Crippen LogP contribution in [0.15, 0.2) is 364 Å². The van der Waals surface area contributed by atoms with Crippen molar-refractivity contribution in [1.29, 1.82) is 0 Å². The quantitative estimate of drug-likeness (QED) is 0.144. The topological polar surface area (TPSA) is 19.7 Å². The van der Waals surface area contributed by atoms with Crippen molar-refractivity contribution in [2.24, 2.45) is 47.3 Å². The first-order chi connectivity index (χ1) is 59.4. The second kappa shape index (κ2) is 25.6. The van der Waals surface area contributed by atoms with E-state index in [9.17, 15) is 0 Å². The summed E-state index contributed by atoms with van der Waals surface area (Å²) in [6.07, 6.45) is 14.2. The lowest BCUT2D eigenvalue weighted by molar-refractivity contribution is -0.0399. The third-order valence-corrected chi connectivity index (χ3v) is 31.4. The average Bonchev–Trinajstić information content (AvgIpc) is 1.48. The zero-order valence-electron chi connectivity index (χ0n) is 67.1. The highest BCUT2D eigenvalue weighted by atomic mass is 15.0. The largest absolute Gasteiger partial charge is 0.309 e. The van der Waals surface area contributed by atoms with Gasteiger partial charge in [-0.05, 0) is 304 Å². The van der Waals surface area contributed by atoms with Gasteiger partial charge >= 0.3 is 0 Å². The van der Waals surface area contributed by atoms with Crippen LogP contribution in [0, 0.1) is 47.3 Å². The molecule has 20 aromatic rings. The highest BCUT2D eigenvalue weighted by Gasteiger charge is 2.63. The number of rotatable bonds is 8. The van der Waals surface area contributed by atoms with E-state index in [2.05, 4.69) is 382 Å². The summed E-state index contributed by atoms with van der Waals surface area (Å²) in [5, 5.41) is 10.3. The van der Waals surface area contributed by atoms with E-state index in [-0.39, 0.29) is 10.8 Å². The minimum absolute atomic E-state index is 0.173. The van der Waals surface area contributed by atoms with E-state index in [4.69, 9.17) is 0 Å². The molecule has 4 aromatic heterocycles. The van der Waals surface area contributed by atoms with Crippen LogP contribution in [0.25, 0.3) is 177 Å². The van der Waals surface area contributed by atoms with Crippen molar-refractivity contribution in [3.8, 4) is 89.5 Å². The lowest BCUT2D eigenvalue weighted by atomic mass is 9.43. The van der Waals surface area contributed by atoms with Crippen LogP contribution >= 0.6 is 0 Å². The van der Waals surface area contributed by atoms with Gasteiger partial charge in [0.15, 0.2) is 0 Å². The van der Waals surface area contributed by atoms with Crippen LogP contribution in [0.5, 0.6) is 0 Å². The number of para-hydroxylation sites is 4. The molecule has 0 aliphatic heterocycles. The van der Waals surface area contributed by atoms with Gasteiger partial charge in [-0.15, -0.1) is 0 Å². The molecule has 120 heavy (non-hydrogen) atoms. The fourth-order valence-corrected chi connectivity index (χ4v) is 27.3. The summed E-state index contributed by atoms with van der Waals surface area (Å²) in [4.78, 5) is 0. The minimum atomic E-state index is 0.173. The fourth-order valence-electron chi connectivity index (χ4n) is 27.3. The number of hydrogen-bond acceptors (Lipinski definition) is 0. The Kier molecular flexibility index (Phi) is 14.5. The molecule has 4 heterocycles. The van der Waals surface area contributed by atoms with Gasteiger partial charge in [0.05, 0.1) is 44.1 Å². The van der Waals surface area contributed by atoms with E-state index >= 15 is 0 Å². The summed E-state index contributed by atoms with van der Waals surface area (Å²) in [6, 6.07) is 138. The summed E-state index contributed by atoms with van der Waals surface area (Å²) in [5.74, 6) is 6.84. The first kappa shape index (κ1) is 67.7. The van der Waals surface area contributed by atoms with Gasteiger partial charge in [-0.25, -0.2) is 0 Å². The zero-order valence-corrected chi connectivity index (χ0v) is 67.1. The second-order valence-corrected chi connectivity index (χ2v) is 37.0. The van der Waals surface area contributed by atoms with Gasteiger partial charge in [-0.2, -0.15) is 0 Å². The van der Waals surface area contributed by atoms with Gasteiger partial charge in [0.25, 0.3) is 0 Å². The average molecular weight is 1540 g/mol. The Morgan fingerprint density at radius 1 is 0.175 bits per heavy atom. The number of nitrogens with zero attached hydrogens (tertiary/aromatic N) is 4. The van der Waals surface area contributed by atoms with E-state index in [1.165, 1.54) is 241 Å². The predicted octanol–water partition coefficient (Wildman–Crippen LogP) is 29.9. The van der Waals surface area contributed by atoms with Crippen molar-refractivity contribution >= 4 is 87.2 Å². The van der Waals surface area contributed by atoms with Gasteiger partial charge in [0, 0.05) is 76.7 Å². The molecule has 4 heteroatoms. The lowest BCUT2D eigenvalue weighted by Gasteiger charge is -2.61. The van der Waals surface area contributed by atoms with Crippen LogP contribution in [0.4, 0.5) is 0 Å². The van der Waals surface area contributed by atoms with Crippen LogP contribution in [0.2, 0.25) is 0 Å². The van der Waals surface area contributed by atoms with Crippen LogP contribution in [-0.2, 0) is 10.8 Å². The molecule has 0 atom stereocenters. The smallest absolute Gasteiger partial charge is 0.0547 e. The Morgan fingerprint density at radius 3 is 1.01 bits per heavy atom. The molecule has 4 nitrogen and oxygen atoms in total. The first-order valence-corrected chi connectivity index (χ1v) is 44.4. The van der Waals surface area contributed by atoms with E-state index in [0.29, 0.717) is 0 Å². The summed E-state index contributed by atoms with van der Waals surface area (Å²) >= 11 is 0. The van der Waals surface area contributed by atoms with Crippen molar-refractivity contribution in [2.45, 2.75) is 75.0 Å². The monoisotopic (exact) mass is 1540 g/mol. The zero-order chi connectivity index (χ0) is 78.2. The predicted molar refractivity (Wildman–Crippen MR) is 499 cm³/mol. The normalized spacial score (nSPS) is 22.4. The number of benzene rings is 16. The second-order valence-electron chi connectivity index (χ2n) is 37.0. The Balaban J connectivity index is 0.000000127. The molecule has 0 amide bonds. The number of aromatic nitrogens is 4. The summed E-state index contributed by atoms with van der Waals surface area (Å²) in [6.45, 7) is 0. The maximum atomic E-state index is 2.57. The van der Waals surface area contributed by atoms with E-state index < -0.39 is 0 Å². The van der Waals surface area contributed by atoms with Crippen LogP contribution in [0.1, 0.15) is 86.5 Å². The SMILES string of the molecule is c1ccc(-c2cccc(-n3c4ccccc4c4c(-c5ccc6c7ccccc7n(-c7ccc8c(c7)-c7ccccc7C87C8CC9CC(C8)CC7C9)c6c5)cccc43)c2)cc1.c1ccc(-c2cccc(-n3c4ccccc4c4ccc(-c5ccc6c(c5)c5ccccc5n6-c5ccc6c(c5)-c5ccccc5C65C6CC7CC(C6)CC5C7)cc43)c2)cc1. The molecule has 0 radical (unpaired) electrons. The molecule has 30 rings (SSSR count). The maximum absolute atomic E-state index is 2.57. The maximum Gasteiger partial charge on any atom is 0.0547 e. The summed E-state index contributed by atoms with van der Waals surface area (Å²) < 4.78 is 9.98. The Hall–Kier alpha value is -13.3. The molecule has 2 spiro atoms. The highest BCUT2D eigenvalue weighted by Crippen LogP contribution is 2.71. The molecule has 0 saturated heterocycles. The molecule has 8 saturated carbocycles. The Bertz CT molecular complexity index is 7650. The van der Waals surface area contributed by atoms with Crippen molar-refractivity contribution < 1.29 is 0 Å². The fraction of sp³-hybridized carbons (Fsp3) is 0.172. The van der Waals surface area contributed by atoms with Gasteiger partial charge in [0.2, 0.25) is 0 Å². The van der Waals surface area contributed by atoms with Crippen LogP contribution < -0.4 is 0 Å². The molecule has 8 bridgehead atoms. The Labute approximate surface area is 698 Å². The molecule has 572 valence electrons.